The fourth-order valence-electron chi connectivity index (χ4n) is 3.80. The molecule has 1 fully saturated rings. The zero-order valence-electron chi connectivity index (χ0n) is 19.5. The summed E-state index contributed by atoms with van der Waals surface area (Å²) in [6, 6.07) is 8.58. The molecule has 6 N–H and O–H groups in total. The molecule has 2 aliphatic rings. The van der Waals surface area contributed by atoms with Crippen molar-refractivity contribution in [1.82, 2.24) is 15.2 Å². The number of amidine groups is 1. The molecular weight excluding hydrogens is 458 g/mol. The summed E-state index contributed by atoms with van der Waals surface area (Å²) >= 11 is 0. The monoisotopic (exact) mass is 489 g/mol. The molecule has 0 bridgehead atoms. The van der Waals surface area contributed by atoms with Crippen LogP contribution < -0.4 is 25.4 Å². The van der Waals surface area contributed by atoms with Crippen LogP contribution in [-0.2, 0) is 0 Å². The normalized spacial score (nSPS) is 18.9. The predicted octanol–water partition coefficient (Wildman–Crippen LogP) is 2.13. The predicted molar refractivity (Wildman–Crippen MR) is 135 cm³/mol. The van der Waals surface area contributed by atoms with E-state index in [0.29, 0.717) is 22.6 Å². The highest BCUT2D eigenvalue weighted by Crippen LogP contribution is 2.46. The quantitative estimate of drug-likeness (QED) is 0.411. The maximum absolute atomic E-state index is 13.0. The number of nitrogens with two attached hydrogens (primary N) is 1. The van der Waals surface area contributed by atoms with E-state index in [1.165, 1.54) is 0 Å². The molecule has 2 aromatic rings. The largest absolute Gasteiger partial charge is 0.490 e. The lowest BCUT2D eigenvalue weighted by Crippen LogP contribution is -2.48. The smallest absolute Gasteiger partial charge is 0.252 e. The molecule has 34 heavy (non-hydrogen) atoms. The highest BCUT2D eigenvalue weighted by Gasteiger charge is 2.28. The van der Waals surface area contributed by atoms with Gasteiger partial charge in [-0.05, 0) is 56.1 Å². The number of hydrogen-bond acceptors (Lipinski definition) is 10. The highest BCUT2D eigenvalue weighted by molar-refractivity contribution is 8.24. The Morgan fingerprint density at radius 1 is 1.26 bits per heavy atom. The van der Waals surface area contributed by atoms with E-state index in [1.54, 1.807) is 30.5 Å². The van der Waals surface area contributed by atoms with Gasteiger partial charge in [0.2, 0.25) is 0 Å². The number of anilines is 2. The van der Waals surface area contributed by atoms with E-state index in [2.05, 4.69) is 36.3 Å². The molecule has 1 aromatic heterocycles. The van der Waals surface area contributed by atoms with E-state index in [4.69, 9.17) is 10.5 Å². The molecule has 0 radical (unpaired) electrons. The lowest BCUT2D eigenvalue weighted by atomic mass is 10.1. The van der Waals surface area contributed by atoms with Gasteiger partial charge in [-0.15, -0.1) is 4.40 Å². The van der Waals surface area contributed by atoms with E-state index in [9.17, 15) is 13.9 Å². The Morgan fingerprint density at radius 3 is 2.74 bits per heavy atom. The van der Waals surface area contributed by atoms with Gasteiger partial charge in [-0.2, -0.15) is 0 Å². The first kappa shape index (κ1) is 24.1. The van der Waals surface area contributed by atoms with E-state index < -0.39 is 16.5 Å². The Kier molecular flexibility index (Phi) is 6.58. The summed E-state index contributed by atoms with van der Waals surface area (Å²) in [6.45, 7) is 7.50. The fourth-order valence-corrected chi connectivity index (χ4v) is 4.67. The molecule has 1 saturated heterocycles. The van der Waals surface area contributed by atoms with Crippen LogP contribution in [0.15, 0.2) is 40.9 Å². The molecule has 4 rings (SSSR count). The number of rotatable bonds is 6. The zero-order chi connectivity index (χ0) is 24.5. The van der Waals surface area contributed by atoms with Gasteiger partial charge in [0.15, 0.2) is 5.84 Å². The number of nitrogens with zero attached hydrogens (tertiary/aromatic N) is 4. The van der Waals surface area contributed by atoms with Gasteiger partial charge in [0.05, 0.1) is 16.8 Å². The lowest BCUT2D eigenvalue weighted by molar-refractivity contribution is 0.0880. The summed E-state index contributed by atoms with van der Waals surface area (Å²) < 4.78 is 31.9. The third kappa shape index (κ3) is 5.53. The van der Waals surface area contributed by atoms with Crippen molar-refractivity contribution in [3.63, 3.8) is 0 Å². The van der Waals surface area contributed by atoms with Crippen LogP contribution in [0, 0.1) is 0 Å². The molecule has 0 spiro atoms. The molecule has 1 aromatic carbocycles. The van der Waals surface area contributed by atoms with E-state index in [1.807, 2.05) is 19.9 Å². The number of hydrogen-bond donors (Lipinski definition) is 5. The third-order valence-electron chi connectivity index (χ3n) is 5.63. The van der Waals surface area contributed by atoms with Gasteiger partial charge < -0.3 is 25.6 Å². The van der Waals surface area contributed by atoms with Crippen LogP contribution >= 0.6 is 11.0 Å². The minimum atomic E-state index is -3.38. The van der Waals surface area contributed by atoms with Crippen LogP contribution in [0.5, 0.6) is 5.75 Å². The van der Waals surface area contributed by atoms with Crippen molar-refractivity contribution >= 4 is 34.2 Å². The van der Waals surface area contributed by atoms with Crippen LogP contribution in [-0.4, -0.2) is 76.1 Å². The Labute approximate surface area is 200 Å². The van der Waals surface area contributed by atoms with E-state index >= 15 is 0 Å². The molecule has 2 aliphatic heterocycles. The van der Waals surface area contributed by atoms with Crippen LogP contribution in [0.25, 0.3) is 0 Å². The molecule has 184 valence electrons. The van der Waals surface area contributed by atoms with E-state index in [-0.39, 0.29) is 18.3 Å². The molecular formula is C22H31N7O4S. The van der Waals surface area contributed by atoms with Gasteiger partial charge in [-0.1, -0.05) is 6.07 Å². The van der Waals surface area contributed by atoms with Gasteiger partial charge in [0.25, 0.3) is 5.91 Å². The molecule has 3 heterocycles. The summed E-state index contributed by atoms with van der Waals surface area (Å²) in [7, 11) is -1.28. The average molecular weight is 490 g/mol. The first-order valence-electron chi connectivity index (χ1n) is 10.9. The second-order valence-corrected chi connectivity index (χ2v) is 10.5. The average Bonchev–Trinajstić information content (AvgIpc) is 2.77. The number of pyridine rings is 1. The molecule has 0 saturated carbocycles. The number of ether oxygens (including phenoxy) is 1. The number of amides is 1. The van der Waals surface area contributed by atoms with Crippen molar-refractivity contribution in [2.24, 2.45) is 10.1 Å². The molecule has 0 atom stereocenters. The van der Waals surface area contributed by atoms with Crippen molar-refractivity contribution in [3.05, 3.63) is 47.7 Å². The lowest BCUT2D eigenvalue weighted by Gasteiger charge is -2.34. The van der Waals surface area contributed by atoms with Gasteiger partial charge in [-0.3, -0.25) is 18.6 Å². The first-order chi connectivity index (χ1) is 16.0. The summed E-state index contributed by atoms with van der Waals surface area (Å²) in [5.74, 6) is 0.960. The molecule has 0 unspecified atom stereocenters. The Balaban J connectivity index is 1.42. The SMILES string of the molecule is CN1CCN(c2cc(C(=O)NC(C)(C)COc3cccc4c3C(N)=NS(O)(O)N4)ccn2)CC1. The van der Waals surface area contributed by atoms with Gasteiger partial charge in [0, 0.05) is 37.9 Å². The molecule has 1 amide bonds. The summed E-state index contributed by atoms with van der Waals surface area (Å²) in [5, 5.41) is 3.01. The number of benzene rings is 1. The first-order valence-corrected chi connectivity index (χ1v) is 12.4. The fraction of sp³-hybridized carbons (Fsp3) is 0.409. The van der Waals surface area contributed by atoms with Crippen molar-refractivity contribution in [1.29, 1.82) is 0 Å². The number of carbonyl (C=O) groups is 1. The molecule has 11 nitrogen and oxygen atoms in total. The maximum atomic E-state index is 13.0. The van der Waals surface area contributed by atoms with Crippen LogP contribution in [0.1, 0.15) is 29.8 Å². The van der Waals surface area contributed by atoms with Gasteiger partial charge in [-0.25, -0.2) is 4.98 Å². The number of likely N-dealkylation sites (N-methyl/N-ethyl adjacent to an activating group) is 1. The van der Waals surface area contributed by atoms with Crippen molar-refractivity contribution in [3.8, 4) is 5.75 Å². The minimum Gasteiger partial charge on any atom is -0.490 e. The van der Waals surface area contributed by atoms with E-state index in [0.717, 1.165) is 32.0 Å². The standard InChI is InChI=1S/C22H31N7O4S/c1-22(2,14-33-17-6-4-5-16-19(17)20(23)27-34(31,32)26-16)25-21(30)15-7-8-24-18(13-15)29-11-9-28(3)10-12-29/h4-8,13,26,31-32H,9-12,14H2,1-3H3,(H2,23,27)(H,25,30). The second kappa shape index (κ2) is 9.29. The van der Waals surface area contributed by atoms with Crippen molar-refractivity contribution < 1.29 is 18.6 Å². The third-order valence-corrected chi connectivity index (χ3v) is 6.58. The van der Waals surface area contributed by atoms with Crippen molar-refractivity contribution in [2.75, 3.05) is 49.5 Å². The van der Waals surface area contributed by atoms with Crippen LogP contribution in [0.4, 0.5) is 11.5 Å². The Bertz CT molecular complexity index is 1100. The van der Waals surface area contributed by atoms with Crippen LogP contribution in [0.3, 0.4) is 0 Å². The summed E-state index contributed by atoms with van der Waals surface area (Å²) in [6.07, 6.45) is 1.65. The van der Waals surface area contributed by atoms with Gasteiger partial charge >= 0.3 is 0 Å². The van der Waals surface area contributed by atoms with Crippen molar-refractivity contribution in [2.45, 2.75) is 19.4 Å². The number of nitrogens with one attached hydrogen (secondary N) is 2. The summed E-state index contributed by atoms with van der Waals surface area (Å²) in [5.41, 5.74) is 6.63. The Hall–Kier alpha value is -3.06. The number of fused-ring (bicyclic) bond motifs is 1. The zero-order valence-corrected chi connectivity index (χ0v) is 20.3. The second-order valence-electron chi connectivity index (χ2n) is 9.10. The number of aromatic nitrogens is 1. The summed E-state index contributed by atoms with van der Waals surface area (Å²) in [4.78, 5) is 21.9. The van der Waals surface area contributed by atoms with Gasteiger partial charge in [0.1, 0.15) is 18.2 Å². The number of carbonyl (C=O) groups excluding carboxylic acids is 1. The maximum Gasteiger partial charge on any atom is 0.252 e. The highest BCUT2D eigenvalue weighted by atomic mass is 32.3. The Morgan fingerprint density at radius 2 is 2.00 bits per heavy atom. The molecule has 12 heteroatoms. The minimum absolute atomic E-state index is 0.0283. The topological polar surface area (TPSA) is 149 Å². The number of piperazine rings is 1. The van der Waals surface area contributed by atoms with Crippen LogP contribution in [0.2, 0.25) is 0 Å². The molecule has 0 aliphatic carbocycles.